The van der Waals surface area contributed by atoms with Crippen LogP contribution >= 0.6 is 0 Å². The maximum absolute atomic E-state index is 12.7. The monoisotopic (exact) mass is 480 g/mol. The van der Waals surface area contributed by atoms with Crippen molar-refractivity contribution in [3.8, 4) is 0 Å². The summed E-state index contributed by atoms with van der Waals surface area (Å²) in [4.78, 5) is 12.7. The summed E-state index contributed by atoms with van der Waals surface area (Å²) in [7, 11) is 0. The Morgan fingerprint density at radius 2 is 1.85 bits per heavy atom. The second kappa shape index (κ2) is 7.19. The van der Waals surface area contributed by atoms with Crippen LogP contribution in [0.3, 0.4) is 0 Å². The minimum absolute atomic E-state index is 0.0902. The van der Waals surface area contributed by atoms with Gasteiger partial charge >= 0.3 is 5.97 Å². The van der Waals surface area contributed by atoms with Crippen molar-refractivity contribution >= 4 is 5.97 Å². The number of rotatable bonds is 6. The lowest BCUT2D eigenvalue weighted by molar-refractivity contribution is -0.424. The van der Waals surface area contributed by atoms with Crippen molar-refractivity contribution in [1.82, 2.24) is 0 Å². The van der Waals surface area contributed by atoms with E-state index >= 15 is 0 Å². The molecule has 4 heterocycles. The topological polar surface area (TPSA) is 164 Å². The van der Waals surface area contributed by atoms with E-state index in [1.54, 1.807) is 37.3 Å². The minimum Gasteiger partial charge on any atom is -0.461 e. The van der Waals surface area contributed by atoms with Gasteiger partial charge in [0, 0.05) is 12.3 Å². The van der Waals surface area contributed by atoms with Crippen molar-refractivity contribution in [2.75, 3.05) is 13.2 Å². The average molecular weight is 480 g/mol. The van der Waals surface area contributed by atoms with Crippen LogP contribution in [0.5, 0.6) is 0 Å². The molecule has 3 saturated carbocycles. The Balaban J connectivity index is 1.32. The van der Waals surface area contributed by atoms with Gasteiger partial charge in [-0.15, -0.1) is 0 Å². The summed E-state index contributed by atoms with van der Waals surface area (Å²) in [6.45, 7) is 0.985. The summed E-state index contributed by atoms with van der Waals surface area (Å²) in [5, 5.41) is 51.7. The van der Waals surface area contributed by atoms with E-state index < -0.39 is 77.9 Å². The molecule has 6 bridgehead atoms. The number of ether oxygens (including phenoxy) is 5. The fourth-order valence-electron chi connectivity index (χ4n) is 6.87. The Kier molecular flexibility index (Phi) is 4.81. The molecule has 11 atom stereocenters. The molecule has 0 aromatic heterocycles. The summed E-state index contributed by atoms with van der Waals surface area (Å²) in [6.07, 6.45) is -7.87. The number of aliphatic hydroxyl groups is 5. The maximum atomic E-state index is 12.7. The first-order valence-electron chi connectivity index (χ1n) is 11.4. The standard InChI is InChI=1S/C23H28O11/c1-20-9-22(29)13-7-23(20,32-18-16(27)15(26)14(25)12(8-24)31-18)21(13,19(33-20)34-22)10-30-17(28)11-5-3-2-4-6-11/h2-6,12-16,18-19,24-27,29H,7-10H2,1H3/t12-,13+,14+,15+,16-,18+,19+,20-,21-,22+,23-/m0/s1. The van der Waals surface area contributed by atoms with E-state index in [0.717, 1.165) is 0 Å². The molecule has 34 heavy (non-hydrogen) atoms. The van der Waals surface area contributed by atoms with Crippen molar-refractivity contribution in [2.24, 2.45) is 11.3 Å². The first kappa shape index (κ1) is 22.8. The highest BCUT2D eigenvalue weighted by molar-refractivity contribution is 5.89. The molecule has 4 aliphatic heterocycles. The summed E-state index contributed by atoms with van der Waals surface area (Å²) >= 11 is 0. The van der Waals surface area contributed by atoms with Gasteiger partial charge in [-0.25, -0.2) is 4.79 Å². The molecule has 0 spiro atoms. The van der Waals surface area contributed by atoms with Gasteiger partial charge in [-0.1, -0.05) is 18.2 Å². The van der Waals surface area contributed by atoms with E-state index in [0.29, 0.717) is 5.56 Å². The van der Waals surface area contributed by atoms with Crippen molar-refractivity contribution in [2.45, 2.75) is 73.8 Å². The van der Waals surface area contributed by atoms with Gasteiger partial charge in [0.2, 0.25) is 0 Å². The maximum Gasteiger partial charge on any atom is 0.338 e. The van der Waals surface area contributed by atoms with Crippen LogP contribution in [-0.4, -0.2) is 98.7 Å². The lowest BCUT2D eigenvalue weighted by atomic mass is 9.41. The zero-order valence-corrected chi connectivity index (χ0v) is 18.4. The zero-order valence-electron chi connectivity index (χ0n) is 18.4. The van der Waals surface area contributed by atoms with Gasteiger partial charge in [0.05, 0.1) is 17.6 Å². The molecule has 186 valence electrons. The van der Waals surface area contributed by atoms with E-state index in [4.69, 9.17) is 23.7 Å². The van der Waals surface area contributed by atoms with Crippen molar-refractivity contribution in [1.29, 1.82) is 0 Å². The third-order valence-electron chi connectivity index (χ3n) is 8.57. The molecule has 7 aliphatic rings. The minimum atomic E-state index is -1.61. The van der Waals surface area contributed by atoms with Gasteiger partial charge in [0.25, 0.3) is 0 Å². The molecule has 11 heteroatoms. The van der Waals surface area contributed by atoms with Gasteiger partial charge in [-0.3, -0.25) is 0 Å². The lowest BCUT2D eigenvalue weighted by Gasteiger charge is -2.67. The third-order valence-corrected chi connectivity index (χ3v) is 8.57. The van der Waals surface area contributed by atoms with E-state index in [1.807, 2.05) is 0 Å². The number of carbonyl (C=O) groups is 1. The molecule has 11 nitrogen and oxygen atoms in total. The van der Waals surface area contributed by atoms with Crippen molar-refractivity contribution in [3.05, 3.63) is 35.9 Å². The Hall–Kier alpha value is -1.67. The summed E-state index contributed by atoms with van der Waals surface area (Å²) in [6, 6.07) is 8.47. The van der Waals surface area contributed by atoms with Gasteiger partial charge in [0.1, 0.15) is 42.2 Å². The SMILES string of the molecule is C[C@@]12C[C@@]3(O)O[C@@H](O1)[C@]1(COC(=O)c4ccccc4)[C@H]3C[C@@]12O[C@H]1O[C@@H](CO)[C@@H](O)[C@@H](O)[C@@H]1O. The molecule has 0 amide bonds. The first-order valence-corrected chi connectivity index (χ1v) is 11.4. The van der Waals surface area contributed by atoms with Crippen molar-refractivity contribution in [3.63, 3.8) is 0 Å². The number of benzene rings is 1. The van der Waals surface area contributed by atoms with Crippen LogP contribution in [0.1, 0.15) is 30.1 Å². The van der Waals surface area contributed by atoms with E-state index in [9.17, 15) is 30.3 Å². The van der Waals surface area contributed by atoms with Crippen LogP contribution in [-0.2, 0) is 23.7 Å². The van der Waals surface area contributed by atoms with Gasteiger partial charge < -0.3 is 49.2 Å². The highest BCUT2D eigenvalue weighted by Gasteiger charge is 2.94. The molecule has 0 unspecified atom stereocenters. The quantitative estimate of drug-likeness (QED) is 0.306. The highest BCUT2D eigenvalue weighted by atomic mass is 16.8. The third kappa shape index (κ3) is 2.59. The molecule has 5 N–H and O–H groups in total. The molecule has 8 rings (SSSR count). The van der Waals surface area contributed by atoms with Crippen LogP contribution in [0.25, 0.3) is 0 Å². The van der Waals surface area contributed by atoms with Crippen LogP contribution in [0.4, 0.5) is 0 Å². The predicted octanol–water partition coefficient (Wildman–Crippen LogP) is -1.36. The zero-order chi connectivity index (χ0) is 24.1. The molecule has 3 aliphatic carbocycles. The molecule has 1 aromatic carbocycles. The van der Waals surface area contributed by atoms with Gasteiger partial charge in [-0.05, 0) is 25.5 Å². The predicted molar refractivity (Wildman–Crippen MR) is 109 cm³/mol. The fourth-order valence-corrected chi connectivity index (χ4v) is 6.87. The number of esters is 1. The smallest absolute Gasteiger partial charge is 0.338 e. The molecule has 7 fully saturated rings. The fraction of sp³-hybridized carbons (Fsp3) is 0.696. The Morgan fingerprint density at radius 3 is 2.56 bits per heavy atom. The van der Waals surface area contributed by atoms with Gasteiger partial charge in [0.15, 0.2) is 18.4 Å². The summed E-state index contributed by atoms with van der Waals surface area (Å²) in [5.41, 5.74) is -2.99. The van der Waals surface area contributed by atoms with Gasteiger partial charge in [-0.2, -0.15) is 0 Å². The second-order valence-corrected chi connectivity index (χ2v) is 10.2. The highest BCUT2D eigenvalue weighted by Crippen LogP contribution is 2.81. The lowest BCUT2D eigenvalue weighted by Crippen LogP contribution is -2.80. The van der Waals surface area contributed by atoms with Crippen LogP contribution in [0, 0.1) is 11.3 Å². The molecular weight excluding hydrogens is 452 g/mol. The summed E-state index contributed by atoms with van der Waals surface area (Å²) < 4.78 is 29.7. The Bertz CT molecular complexity index is 988. The first-order chi connectivity index (χ1) is 16.1. The van der Waals surface area contributed by atoms with Crippen LogP contribution < -0.4 is 0 Å². The largest absolute Gasteiger partial charge is 0.461 e. The molecule has 0 radical (unpaired) electrons. The van der Waals surface area contributed by atoms with Crippen molar-refractivity contribution < 1.29 is 54.0 Å². The number of hydrogen-bond acceptors (Lipinski definition) is 11. The number of hydrogen-bond donors (Lipinski definition) is 5. The summed E-state index contributed by atoms with van der Waals surface area (Å²) in [5.74, 6) is -2.49. The Morgan fingerprint density at radius 1 is 1.12 bits per heavy atom. The van der Waals surface area contributed by atoms with E-state index in [1.165, 1.54) is 0 Å². The van der Waals surface area contributed by atoms with E-state index in [-0.39, 0.29) is 19.4 Å². The van der Waals surface area contributed by atoms with Crippen LogP contribution in [0.15, 0.2) is 30.3 Å². The Labute approximate surface area is 194 Å². The number of aliphatic hydroxyl groups excluding tert-OH is 4. The second-order valence-electron chi connectivity index (χ2n) is 10.2. The average Bonchev–Trinajstić information content (AvgIpc) is 3.00. The molecule has 4 saturated heterocycles. The molecule has 1 aromatic rings. The normalized spacial score (nSPS) is 52.5. The van der Waals surface area contributed by atoms with E-state index in [2.05, 4.69) is 0 Å². The number of carbonyl (C=O) groups excluding carboxylic acids is 1. The van der Waals surface area contributed by atoms with Crippen LogP contribution in [0.2, 0.25) is 0 Å². The molecular formula is C23H28O11.